The molecule has 0 saturated heterocycles. The summed E-state index contributed by atoms with van der Waals surface area (Å²) in [6, 6.07) is 5.46. The zero-order chi connectivity index (χ0) is 12.3. The van der Waals surface area contributed by atoms with Gasteiger partial charge in [-0.3, -0.25) is 10.1 Å². The monoisotopic (exact) mass is 267 g/mol. The lowest BCUT2D eigenvalue weighted by molar-refractivity contribution is -0.115. The van der Waals surface area contributed by atoms with Gasteiger partial charge in [-0.25, -0.2) is 9.97 Å². The number of carbonyl (C=O) groups excluding carboxylic acids is 1. The van der Waals surface area contributed by atoms with Gasteiger partial charge in [-0.15, -0.1) is 11.3 Å². The van der Waals surface area contributed by atoms with Crippen LogP contribution >= 0.6 is 22.9 Å². The highest BCUT2D eigenvalue weighted by Crippen LogP contribution is 2.12. The third kappa shape index (κ3) is 3.51. The van der Waals surface area contributed by atoms with Crippen molar-refractivity contribution in [1.29, 1.82) is 0 Å². The second-order valence-electron chi connectivity index (χ2n) is 3.46. The van der Waals surface area contributed by atoms with Gasteiger partial charge in [-0.1, -0.05) is 17.7 Å². The molecule has 17 heavy (non-hydrogen) atoms. The van der Waals surface area contributed by atoms with Crippen molar-refractivity contribution in [3.05, 3.63) is 39.3 Å². The third-order valence-electron chi connectivity index (χ3n) is 1.99. The van der Waals surface area contributed by atoms with Crippen molar-refractivity contribution in [3.63, 3.8) is 0 Å². The van der Waals surface area contributed by atoms with Crippen LogP contribution in [0.3, 0.4) is 0 Å². The average molecular weight is 268 g/mol. The van der Waals surface area contributed by atoms with Gasteiger partial charge in [0.2, 0.25) is 11.9 Å². The number of thiophene rings is 1. The largest absolute Gasteiger partial charge is 0.294 e. The van der Waals surface area contributed by atoms with E-state index in [2.05, 4.69) is 15.3 Å². The van der Waals surface area contributed by atoms with E-state index in [9.17, 15) is 4.79 Å². The van der Waals surface area contributed by atoms with Crippen LogP contribution in [0.1, 0.15) is 10.6 Å². The Morgan fingerprint density at radius 3 is 3.00 bits per heavy atom. The van der Waals surface area contributed by atoms with Crippen LogP contribution in [0.2, 0.25) is 5.15 Å². The molecule has 0 radical (unpaired) electrons. The molecular weight excluding hydrogens is 258 g/mol. The molecule has 0 aliphatic heterocycles. The summed E-state index contributed by atoms with van der Waals surface area (Å²) in [6.45, 7) is 1.79. The van der Waals surface area contributed by atoms with Gasteiger partial charge in [0.15, 0.2) is 0 Å². The summed E-state index contributed by atoms with van der Waals surface area (Å²) >= 11 is 7.32. The quantitative estimate of drug-likeness (QED) is 0.870. The number of hydrogen-bond donors (Lipinski definition) is 1. The molecule has 1 N–H and O–H groups in total. The molecule has 0 aliphatic carbocycles. The van der Waals surface area contributed by atoms with Gasteiger partial charge < -0.3 is 0 Å². The first-order valence-electron chi connectivity index (χ1n) is 4.97. The molecule has 1 amide bonds. The minimum atomic E-state index is -0.144. The Hall–Kier alpha value is -1.46. The minimum absolute atomic E-state index is 0.144. The minimum Gasteiger partial charge on any atom is -0.294 e. The molecule has 2 aromatic heterocycles. The van der Waals surface area contributed by atoms with Crippen LogP contribution in [-0.4, -0.2) is 15.9 Å². The van der Waals surface area contributed by atoms with Gasteiger partial charge in [0.1, 0.15) is 5.15 Å². The van der Waals surface area contributed by atoms with Crippen molar-refractivity contribution in [1.82, 2.24) is 9.97 Å². The summed E-state index contributed by atoms with van der Waals surface area (Å²) in [4.78, 5) is 20.7. The molecule has 2 rings (SSSR count). The summed E-state index contributed by atoms with van der Waals surface area (Å²) in [5.41, 5.74) is 0.719. The molecule has 88 valence electrons. The lowest BCUT2D eigenvalue weighted by Crippen LogP contribution is -2.16. The van der Waals surface area contributed by atoms with Gasteiger partial charge in [0.25, 0.3) is 0 Å². The highest BCUT2D eigenvalue weighted by Gasteiger charge is 2.07. The second kappa shape index (κ2) is 5.25. The normalized spacial score (nSPS) is 10.2. The molecule has 2 aromatic rings. The van der Waals surface area contributed by atoms with E-state index in [1.165, 1.54) is 0 Å². The fourth-order valence-corrected chi connectivity index (χ4v) is 2.27. The van der Waals surface area contributed by atoms with Gasteiger partial charge in [0.05, 0.1) is 6.42 Å². The predicted molar refractivity (Wildman–Crippen MR) is 68.4 cm³/mol. The summed E-state index contributed by atoms with van der Waals surface area (Å²) < 4.78 is 0. The van der Waals surface area contributed by atoms with Crippen molar-refractivity contribution in [2.75, 3.05) is 5.32 Å². The number of rotatable bonds is 3. The average Bonchev–Trinajstić information content (AvgIpc) is 2.67. The molecule has 0 aromatic carbocycles. The Balaban J connectivity index is 2.03. The van der Waals surface area contributed by atoms with E-state index in [0.29, 0.717) is 11.6 Å². The van der Waals surface area contributed by atoms with Gasteiger partial charge in [0, 0.05) is 10.6 Å². The molecule has 6 heteroatoms. The van der Waals surface area contributed by atoms with Crippen LogP contribution in [0.4, 0.5) is 5.95 Å². The van der Waals surface area contributed by atoms with Crippen LogP contribution in [0.5, 0.6) is 0 Å². The Kier molecular flexibility index (Phi) is 3.71. The van der Waals surface area contributed by atoms with Gasteiger partial charge >= 0.3 is 0 Å². The molecule has 4 nitrogen and oxygen atoms in total. The first-order chi connectivity index (χ1) is 8.13. The molecule has 0 unspecified atom stereocenters. The van der Waals surface area contributed by atoms with Gasteiger partial charge in [-0.2, -0.15) is 0 Å². The number of aryl methyl sites for hydroxylation is 1. The lowest BCUT2D eigenvalue weighted by atomic mass is 10.3. The smallest absolute Gasteiger partial charge is 0.231 e. The molecule has 2 heterocycles. The summed E-state index contributed by atoms with van der Waals surface area (Å²) in [5, 5.41) is 4.88. The number of amides is 1. The van der Waals surface area contributed by atoms with Crippen molar-refractivity contribution in [2.45, 2.75) is 13.3 Å². The van der Waals surface area contributed by atoms with E-state index < -0.39 is 0 Å². The number of halogens is 1. The van der Waals surface area contributed by atoms with Crippen LogP contribution < -0.4 is 5.32 Å². The first-order valence-corrected chi connectivity index (χ1v) is 6.22. The highest BCUT2D eigenvalue weighted by molar-refractivity contribution is 7.10. The summed E-state index contributed by atoms with van der Waals surface area (Å²) in [5.74, 6) is 0.102. The Morgan fingerprint density at radius 2 is 2.35 bits per heavy atom. The number of carbonyl (C=O) groups is 1. The molecule has 0 atom stereocenters. The third-order valence-corrected chi connectivity index (χ3v) is 3.06. The fourth-order valence-electron chi connectivity index (χ4n) is 1.33. The van der Waals surface area contributed by atoms with E-state index in [1.807, 2.05) is 17.5 Å². The Labute approximate surface area is 108 Å². The van der Waals surface area contributed by atoms with Crippen LogP contribution in [-0.2, 0) is 11.2 Å². The maximum atomic E-state index is 11.7. The van der Waals surface area contributed by atoms with E-state index in [1.54, 1.807) is 24.3 Å². The fraction of sp³-hybridized carbons (Fsp3) is 0.182. The number of anilines is 1. The van der Waals surface area contributed by atoms with Crippen LogP contribution in [0.25, 0.3) is 0 Å². The molecule has 0 fully saturated rings. The van der Waals surface area contributed by atoms with Gasteiger partial charge in [-0.05, 0) is 24.4 Å². The standard InChI is InChI=1S/C11H10ClN3OS/c1-7-5-9(12)14-11(13-7)15-10(16)6-8-3-2-4-17-8/h2-5H,6H2,1H3,(H,13,14,15,16). The lowest BCUT2D eigenvalue weighted by Gasteiger charge is -2.03. The number of nitrogens with one attached hydrogen (secondary N) is 1. The summed E-state index contributed by atoms with van der Waals surface area (Å²) in [7, 11) is 0. The number of aromatic nitrogens is 2. The topological polar surface area (TPSA) is 54.9 Å². The van der Waals surface area contributed by atoms with Crippen molar-refractivity contribution in [3.8, 4) is 0 Å². The second-order valence-corrected chi connectivity index (χ2v) is 4.88. The highest BCUT2D eigenvalue weighted by atomic mass is 35.5. The van der Waals surface area contributed by atoms with Crippen molar-refractivity contribution >= 4 is 34.8 Å². The molecular formula is C11H10ClN3OS. The zero-order valence-corrected chi connectivity index (χ0v) is 10.7. The molecule has 0 aliphatic rings. The summed E-state index contributed by atoms with van der Waals surface area (Å²) in [6.07, 6.45) is 0.326. The Morgan fingerprint density at radius 1 is 1.53 bits per heavy atom. The van der Waals surface area contributed by atoms with Crippen molar-refractivity contribution in [2.24, 2.45) is 0 Å². The van der Waals surface area contributed by atoms with E-state index in [4.69, 9.17) is 11.6 Å². The van der Waals surface area contributed by atoms with Crippen LogP contribution in [0.15, 0.2) is 23.6 Å². The molecule has 0 saturated carbocycles. The molecule has 0 spiro atoms. The predicted octanol–water partition coefficient (Wildman–Crippen LogP) is 2.68. The maximum absolute atomic E-state index is 11.7. The zero-order valence-electron chi connectivity index (χ0n) is 9.11. The van der Waals surface area contributed by atoms with E-state index in [-0.39, 0.29) is 11.9 Å². The maximum Gasteiger partial charge on any atom is 0.231 e. The van der Waals surface area contributed by atoms with Crippen molar-refractivity contribution < 1.29 is 4.79 Å². The number of hydrogen-bond acceptors (Lipinski definition) is 4. The number of nitrogens with zero attached hydrogens (tertiary/aromatic N) is 2. The van der Waals surface area contributed by atoms with E-state index in [0.717, 1.165) is 10.6 Å². The molecule has 0 bridgehead atoms. The SMILES string of the molecule is Cc1cc(Cl)nc(NC(=O)Cc2cccs2)n1. The van der Waals surface area contributed by atoms with E-state index >= 15 is 0 Å². The Bertz CT molecular complexity index is 507. The van der Waals surface area contributed by atoms with Crippen LogP contribution in [0, 0.1) is 6.92 Å². The first kappa shape index (κ1) is 12.0.